The summed E-state index contributed by atoms with van der Waals surface area (Å²) in [5.41, 5.74) is -3.76. The Bertz CT molecular complexity index is 657. The van der Waals surface area contributed by atoms with Crippen LogP contribution in [-0.2, 0) is 5.60 Å². The highest BCUT2D eigenvalue weighted by Crippen LogP contribution is 2.47. The number of aromatic hydroxyl groups is 2. The maximum atomic E-state index is 13.7. The predicted molar refractivity (Wildman–Crippen MR) is 74.7 cm³/mol. The SMILES string of the molecule is Cc1cc(O)ccc1C(O)(c1ccc(O)cc1C)C(F)(F)F. The van der Waals surface area contributed by atoms with Gasteiger partial charge in [-0.2, -0.15) is 13.2 Å². The molecule has 2 aromatic carbocycles. The van der Waals surface area contributed by atoms with E-state index in [4.69, 9.17) is 0 Å². The van der Waals surface area contributed by atoms with Gasteiger partial charge >= 0.3 is 6.18 Å². The average Bonchev–Trinajstić information content (AvgIpc) is 2.36. The van der Waals surface area contributed by atoms with Crippen molar-refractivity contribution >= 4 is 0 Å². The van der Waals surface area contributed by atoms with E-state index in [2.05, 4.69) is 0 Å². The third-order valence-corrected chi connectivity index (χ3v) is 3.61. The van der Waals surface area contributed by atoms with Crippen molar-refractivity contribution in [1.29, 1.82) is 0 Å². The van der Waals surface area contributed by atoms with Gasteiger partial charge in [-0.3, -0.25) is 0 Å². The Morgan fingerprint density at radius 1 is 0.773 bits per heavy atom. The second-order valence-corrected chi connectivity index (χ2v) is 5.21. The van der Waals surface area contributed by atoms with E-state index in [1.54, 1.807) is 0 Å². The number of halogens is 3. The largest absolute Gasteiger partial charge is 0.508 e. The van der Waals surface area contributed by atoms with Gasteiger partial charge in [0.15, 0.2) is 0 Å². The van der Waals surface area contributed by atoms with Gasteiger partial charge in [0.2, 0.25) is 5.60 Å². The molecule has 3 N–H and O–H groups in total. The first-order chi connectivity index (χ1) is 10.1. The molecule has 118 valence electrons. The fourth-order valence-electron chi connectivity index (χ4n) is 2.56. The molecule has 2 rings (SSSR count). The number of aliphatic hydroxyl groups is 1. The molecule has 0 saturated heterocycles. The Hall–Kier alpha value is -2.21. The summed E-state index contributed by atoms with van der Waals surface area (Å²) in [6, 6.07) is 6.59. The van der Waals surface area contributed by atoms with Crippen molar-refractivity contribution in [1.82, 2.24) is 0 Å². The Kier molecular flexibility index (Phi) is 3.83. The first kappa shape index (κ1) is 16.2. The Morgan fingerprint density at radius 2 is 1.14 bits per heavy atom. The molecule has 2 aromatic rings. The third-order valence-electron chi connectivity index (χ3n) is 3.61. The molecule has 0 saturated carbocycles. The van der Waals surface area contributed by atoms with E-state index >= 15 is 0 Å². The van der Waals surface area contributed by atoms with E-state index in [0.29, 0.717) is 0 Å². The zero-order valence-corrected chi connectivity index (χ0v) is 11.9. The number of aryl methyl sites for hydroxylation is 2. The van der Waals surface area contributed by atoms with E-state index in [1.807, 2.05) is 0 Å². The van der Waals surface area contributed by atoms with Crippen LogP contribution in [0.4, 0.5) is 13.2 Å². The molecule has 6 heteroatoms. The van der Waals surface area contributed by atoms with E-state index < -0.39 is 11.8 Å². The smallest absolute Gasteiger partial charge is 0.425 e. The second kappa shape index (κ2) is 5.21. The normalized spacial score (nSPS) is 12.5. The van der Waals surface area contributed by atoms with Gasteiger partial charge in [0.1, 0.15) is 11.5 Å². The van der Waals surface area contributed by atoms with Crippen molar-refractivity contribution < 1.29 is 28.5 Å². The van der Waals surface area contributed by atoms with Crippen LogP contribution in [0.15, 0.2) is 36.4 Å². The topological polar surface area (TPSA) is 60.7 Å². The van der Waals surface area contributed by atoms with Gasteiger partial charge in [-0.05, 0) is 49.2 Å². The molecule has 0 radical (unpaired) electrons. The summed E-state index contributed by atoms with van der Waals surface area (Å²) in [7, 11) is 0. The molecule has 0 aliphatic rings. The maximum Gasteiger partial charge on any atom is 0.425 e. The first-order valence-electron chi connectivity index (χ1n) is 6.46. The lowest BCUT2D eigenvalue weighted by molar-refractivity contribution is -0.248. The molecule has 0 spiro atoms. The van der Waals surface area contributed by atoms with Crippen molar-refractivity contribution in [2.45, 2.75) is 25.6 Å². The highest BCUT2D eigenvalue weighted by molar-refractivity contribution is 5.48. The van der Waals surface area contributed by atoms with Crippen molar-refractivity contribution in [3.63, 3.8) is 0 Å². The predicted octanol–water partition coefficient (Wildman–Crippen LogP) is 3.51. The van der Waals surface area contributed by atoms with Crippen molar-refractivity contribution in [2.75, 3.05) is 0 Å². The maximum absolute atomic E-state index is 13.7. The second-order valence-electron chi connectivity index (χ2n) is 5.21. The summed E-state index contributed by atoms with van der Waals surface area (Å²) in [6.45, 7) is 2.75. The van der Waals surface area contributed by atoms with Gasteiger partial charge < -0.3 is 15.3 Å². The van der Waals surface area contributed by atoms with Gasteiger partial charge in [-0.1, -0.05) is 12.1 Å². The molecule has 0 aliphatic heterocycles. The Morgan fingerprint density at radius 3 is 1.41 bits per heavy atom. The molecular weight excluding hydrogens is 297 g/mol. The molecule has 0 atom stereocenters. The molecule has 3 nitrogen and oxygen atoms in total. The van der Waals surface area contributed by atoms with Gasteiger partial charge in [-0.15, -0.1) is 0 Å². The fraction of sp³-hybridized carbons (Fsp3) is 0.250. The van der Waals surface area contributed by atoms with Crippen LogP contribution < -0.4 is 0 Å². The van der Waals surface area contributed by atoms with Crippen molar-refractivity contribution in [3.8, 4) is 11.5 Å². The molecule has 0 aliphatic carbocycles. The van der Waals surface area contributed by atoms with E-state index in [1.165, 1.54) is 13.8 Å². The number of phenols is 2. The summed E-state index contributed by atoms with van der Waals surface area (Å²) in [5, 5.41) is 29.3. The minimum absolute atomic E-state index is 0.104. The van der Waals surface area contributed by atoms with E-state index in [-0.39, 0.29) is 33.8 Å². The summed E-state index contributed by atoms with van der Waals surface area (Å²) in [4.78, 5) is 0. The number of rotatable bonds is 2. The lowest BCUT2D eigenvalue weighted by atomic mass is 9.81. The zero-order valence-electron chi connectivity index (χ0n) is 11.9. The number of benzene rings is 2. The van der Waals surface area contributed by atoms with Crippen LogP contribution in [0, 0.1) is 13.8 Å². The highest BCUT2D eigenvalue weighted by atomic mass is 19.4. The van der Waals surface area contributed by atoms with Crippen LogP contribution in [-0.4, -0.2) is 21.5 Å². The minimum atomic E-state index is -4.98. The quantitative estimate of drug-likeness (QED) is 0.795. The molecule has 0 fully saturated rings. The summed E-state index contributed by atoms with van der Waals surface area (Å²) >= 11 is 0. The van der Waals surface area contributed by atoms with Gasteiger partial charge in [0, 0.05) is 11.1 Å². The molecule has 0 unspecified atom stereocenters. The lowest BCUT2D eigenvalue weighted by Crippen LogP contribution is -2.44. The lowest BCUT2D eigenvalue weighted by Gasteiger charge is -2.34. The van der Waals surface area contributed by atoms with Crippen LogP contribution in [0.5, 0.6) is 11.5 Å². The minimum Gasteiger partial charge on any atom is -0.508 e. The summed E-state index contributed by atoms with van der Waals surface area (Å²) in [6.07, 6.45) is -4.98. The summed E-state index contributed by atoms with van der Waals surface area (Å²) in [5.74, 6) is -0.374. The van der Waals surface area contributed by atoms with E-state index in [9.17, 15) is 28.5 Å². The van der Waals surface area contributed by atoms with Crippen LogP contribution in [0.1, 0.15) is 22.3 Å². The Balaban J connectivity index is 2.79. The third kappa shape index (κ3) is 2.50. The molecule has 0 bridgehead atoms. The molecule has 22 heavy (non-hydrogen) atoms. The first-order valence-corrected chi connectivity index (χ1v) is 6.46. The van der Waals surface area contributed by atoms with Crippen LogP contribution in [0.3, 0.4) is 0 Å². The van der Waals surface area contributed by atoms with Gasteiger partial charge in [0.05, 0.1) is 0 Å². The molecular formula is C16H15F3O3. The number of hydrogen-bond donors (Lipinski definition) is 3. The van der Waals surface area contributed by atoms with Crippen molar-refractivity contribution in [2.24, 2.45) is 0 Å². The van der Waals surface area contributed by atoms with E-state index in [0.717, 1.165) is 36.4 Å². The highest BCUT2D eigenvalue weighted by Gasteiger charge is 2.57. The molecule has 0 aromatic heterocycles. The van der Waals surface area contributed by atoms with Gasteiger partial charge in [0.25, 0.3) is 0 Å². The average molecular weight is 312 g/mol. The van der Waals surface area contributed by atoms with Crippen LogP contribution in [0.2, 0.25) is 0 Å². The molecule has 0 amide bonds. The van der Waals surface area contributed by atoms with Crippen molar-refractivity contribution in [3.05, 3.63) is 58.7 Å². The number of phenolic OH excluding ortho intramolecular Hbond substituents is 2. The number of hydrogen-bond acceptors (Lipinski definition) is 3. The fourth-order valence-corrected chi connectivity index (χ4v) is 2.56. The monoisotopic (exact) mass is 312 g/mol. The number of alkyl halides is 3. The zero-order chi connectivity index (χ0) is 16.7. The summed E-state index contributed by atoms with van der Waals surface area (Å²) < 4.78 is 41.0. The van der Waals surface area contributed by atoms with Gasteiger partial charge in [-0.25, -0.2) is 0 Å². The standard InChI is InChI=1S/C16H15F3O3/c1-9-7-11(20)3-5-13(9)15(22,16(17,18)19)14-6-4-12(21)8-10(14)2/h3-8,20-22H,1-2H3. The Labute approximate surface area is 125 Å². The van der Waals surface area contributed by atoms with Crippen LogP contribution in [0.25, 0.3) is 0 Å². The van der Waals surface area contributed by atoms with Crippen LogP contribution >= 0.6 is 0 Å². The molecule has 0 heterocycles.